The molecule has 10 heteroatoms. The Labute approximate surface area is 133 Å². The highest BCUT2D eigenvalue weighted by Gasteiger charge is 2.30. The fourth-order valence-corrected chi connectivity index (χ4v) is 2.82. The van der Waals surface area contributed by atoms with Gasteiger partial charge in [0.05, 0.1) is 23.8 Å². The van der Waals surface area contributed by atoms with Gasteiger partial charge in [0.15, 0.2) is 0 Å². The van der Waals surface area contributed by atoms with Crippen molar-refractivity contribution in [2.75, 3.05) is 19.3 Å². The molecule has 0 bridgehead atoms. The van der Waals surface area contributed by atoms with Crippen molar-refractivity contribution < 1.29 is 27.1 Å². The van der Waals surface area contributed by atoms with Gasteiger partial charge >= 0.3 is 6.09 Å². The van der Waals surface area contributed by atoms with Gasteiger partial charge in [-0.25, -0.2) is 4.79 Å². The van der Waals surface area contributed by atoms with Crippen LogP contribution in [-0.2, 0) is 25.6 Å². The van der Waals surface area contributed by atoms with Crippen LogP contribution in [0.15, 0.2) is 24.3 Å². The number of nitrogens with zero attached hydrogens (tertiary/aromatic N) is 2. The minimum atomic E-state index is -3.56. The number of nitro benzene ring substituents is 1. The summed E-state index contributed by atoms with van der Waals surface area (Å²) in [6, 6.07) is 5.67. The molecule has 0 N–H and O–H groups in total. The second kappa shape index (κ2) is 6.92. The third-order valence-corrected chi connectivity index (χ3v) is 3.85. The lowest BCUT2D eigenvalue weighted by molar-refractivity contribution is -0.384. The molecule has 1 unspecified atom stereocenters. The van der Waals surface area contributed by atoms with Gasteiger partial charge in [0.1, 0.15) is 6.61 Å². The predicted octanol–water partition coefficient (Wildman–Crippen LogP) is 1.28. The number of carbonyl (C=O) groups excluding carboxylic acids is 1. The van der Waals surface area contributed by atoms with Gasteiger partial charge in [0.2, 0.25) is 0 Å². The van der Waals surface area contributed by atoms with Crippen LogP contribution < -0.4 is 0 Å². The molecule has 126 valence electrons. The molecule has 0 aromatic heterocycles. The summed E-state index contributed by atoms with van der Waals surface area (Å²) in [6.45, 7) is 0.469. The summed E-state index contributed by atoms with van der Waals surface area (Å²) in [5.41, 5.74) is 0.576. The van der Waals surface area contributed by atoms with E-state index in [-0.39, 0.29) is 18.8 Å². The van der Waals surface area contributed by atoms with Crippen molar-refractivity contribution in [1.29, 1.82) is 0 Å². The van der Waals surface area contributed by atoms with Gasteiger partial charge in [-0.1, -0.05) is 0 Å². The van der Waals surface area contributed by atoms with Crippen molar-refractivity contribution in [2.24, 2.45) is 0 Å². The molecule has 1 aliphatic rings. The van der Waals surface area contributed by atoms with Crippen LogP contribution in [0.3, 0.4) is 0 Å². The van der Waals surface area contributed by atoms with Gasteiger partial charge in [-0.2, -0.15) is 8.42 Å². The molecule has 1 heterocycles. The van der Waals surface area contributed by atoms with Gasteiger partial charge in [-0.3, -0.25) is 14.3 Å². The fourth-order valence-electron chi connectivity index (χ4n) is 2.17. The first-order valence-electron chi connectivity index (χ1n) is 6.78. The summed E-state index contributed by atoms with van der Waals surface area (Å²) in [6.07, 6.45) is 0.238. The third kappa shape index (κ3) is 5.18. The number of benzene rings is 1. The zero-order chi connectivity index (χ0) is 17.0. The van der Waals surface area contributed by atoms with E-state index in [9.17, 15) is 23.3 Å². The highest BCUT2D eigenvalue weighted by molar-refractivity contribution is 7.86. The van der Waals surface area contributed by atoms with E-state index >= 15 is 0 Å². The van der Waals surface area contributed by atoms with Crippen molar-refractivity contribution in [3.05, 3.63) is 39.9 Å². The Morgan fingerprint density at radius 3 is 2.61 bits per heavy atom. The van der Waals surface area contributed by atoms with E-state index in [0.29, 0.717) is 18.5 Å². The van der Waals surface area contributed by atoms with Crippen molar-refractivity contribution in [3.63, 3.8) is 0 Å². The second-order valence-corrected chi connectivity index (χ2v) is 6.74. The van der Waals surface area contributed by atoms with Crippen molar-refractivity contribution in [2.45, 2.75) is 19.1 Å². The van der Waals surface area contributed by atoms with Crippen LogP contribution in [0.25, 0.3) is 0 Å². The number of hydrogen-bond donors (Lipinski definition) is 0. The van der Waals surface area contributed by atoms with E-state index in [1.165, 1.54) is 29.2 Å². The van der Waals surface area contributed by atoms with Crippen LogP contribution in [0, 0.1) is 10.1 Å². The molecular weight excluding hydrogens is 328 g/mol. The minimum absolute atomic E-state index is 0.0229. The quantitative estimate of drug-likeness (QED) is 0.449. The molecule has 23 heavy (non-hydrogen) atoms. The number of likely N-dealkylation sites (tertiary alicyclic amines) is 1. The first-order chi connectivity index (χ1) is 10.7. The maximum absolute atomic E-state index is 11.9. The van der Waals surface area contributed by atoms with Gasteiger partial charge in [-0.05, 0) is 24.1 Å². The van der Waals surface area contributed by atoms with Crippen LogP contribution in [0.2, 0.25) is 0 Å². The van der Waals surface area contributed by atoms with E-state index in [1.54, 1.807) is 0 Å². The molecule has 0 radical (unpaired) electrons. The number of ether oxygens (including phenoxy) is 1. The summed E-state index contributed by atoms with van der Waals surface area (Å²) in [5.74, 6) is 0. The Kier molecular flexibility index (Phi) is 5.16. The summed E-state index contributed by atoms with van der Waals surface area (Å²) in [7, 11) is -3.56. The van der Waals surface area contributed by atoms with Crippen LogP contribution in [-0.4, -0.2) is 49.8 Å². The minimum Gasteiger partial charge on any atom is -0.445 e. The molecule has 0 spiro atoms. The summed E-state index contributed by atoms with van der Waals surface area (Å²) in [5, 5.41) is 10.5. The SMILES string of the molecule is CS(=O)(=O)OC1CCN(C(=O)OCc2ccc([N+](=O)[O-])cc2)C1. The Bertz CT molecular complexity index is 687. The van der Waals surface area contributed by atoms with E-state index in [2.05, 4.69) is 0 Å². The van der Waals surface area contributed by atoms with E-state index in [1.807, 2.05) is 0 Å². The fraction of sp³-hybridized carbons (Fsp3) is 0.462. The lowest BCUT2D eigenvalue weighted by atomic mass is 10.2. The van der Waals surface area contributed by atoms with Crippen molar-refractivity contribution in [1.82, 2.24) is 4.90 Å². The molecule has 0 saturated carbocycles. The predicted molar refractivity (Wildman–Crippen MR) is 79.2 cm³/mol. The smallest absolute Gasteiger partial charge is 0.410 e. The average Bonchev–Trinajstić information content (AvgIpc) is 2.91. The molecule has 0 aliphatic carbocycles. The summed E-state index contributed by atoms with van der Waals surface area (Å²) >= 11 is 0. The number of nitro groups is 1. The topological polar surface area (TPSA) is 116 Å². The summed E-state index contributed by atoms with van der Waals surface area (Å²) in [4.78, 5) is 23.3. The second-order valence-electron chi connectivity index (χ2n) is 5.14. The monoisotopic (exact) mass is 344 g/mol. The normalized spacial score (nSPS) is 18.0. The molecule has 1 amide bonds. The van der Waals surface area contributed by atoms with Crippen molar-refractivity contribution >= 4 is 21.9 Å². The Morgan fingerprint density at radius 2 is 2.04 bits per heavy atom. The molecule has 1 aromatic rings. The van der Waals surface area contributed by atoms with Crippen LogP contribution in [0.5, 0.6) is 0 Å². The Morgan fingerprint density at radius 1 is 1.39 bits per heavy atom. The molecular formula is C13H16N2O7S. The zero-order valence-electron chi connectivity index (χ0n) is 12.4. The number of non-ortho nitro benzene ring substituents is 1. The molecule has 9 nitrogen and oxygen atoms in total. The molecule has 1 aromatic carbocycles. The first kappa shape index (κ1) is 17.2. The van der Waals surface area contributed by atoms with Gasteiger partial charge < -0.3 is 9.64 Å². The third-order valence-electron chi connectivity index (χ3n) is 3.22. The van der Waals surface area contributed by atoms with Crippen LogP contribution >= 0.6 is 0 Å². The lowest BCUT2D eigenvalue weighted by Gasteiger charge is -2.16. The first-order valence-corrected chi connectivity index (χ1v) is 8.59. The number of hydrogen-bond acceptors (Lipinski definition) is 7. The van der Waals surface area contributed by atoms with Crippen LogP contribution in [0.1, 0.15) is 12.0 Å². The number of rotatable bonds is 5. The van der Waals surface area contributed by atoms with Gasteiger partial charge in [-0.15, -0.1) is 0 Å². The Hall–Kier alpha value is -2.20. The van der Waals surface area contributed by atoms with Gasteiger partial charge in [0.25, 0.3) is 15.8 Å². The van der Waals surface area contributed by atoms with Crippen molar-refractivity contribution in [3.8, 4) is 0 Å². The van der Waals surface area contributed by atoms with E-state index < -0.39 is 27.2 Å². The zero-order valence-corrected chi connectivity index (χ0v) is 13.2. The number of amides is 1. The van der Waals surface area contributed by atoms with E-state index in [0.717, 1.165) is 6.26 Å². The molecule has 1 aliphatic heterocycles. The molecule has 1 fully saturated rings. The highest BCUT2D eigenvalue weighted by Crippen LogP contribution is 2.17. The highest BCUT2D eigenvalue weighted by atomic mass is 32.2. The molecule has 1 atom stereocenters. The maximum Gasteiger partial charge on any atom is 0.410 e. The van der Waals surface area contributed by atoms with E-state index in [4.69, 9.17) is 8.92 Å². The number of carbonyl (C=O) groups is 1. The lowest BCUT2D eigenvalue weighted by Crippen LogP contribution is -2.31. The largest absolute Gasteiger partial charge is 0.445 e. The van der Waals surface area contributed by atoms with Crippen LogP contribution in [0.4, 0.5) is 10.5 Å². The van der Waals surface area contributed by atoms with Gasteiger partial charge in [0, 0.05) is 18.7 Å². The molecule has 2 rings (SSSR count). The standard InChI is InChI=1S/C13H16N2O7S/c1-23(19,20)22-12-6-7-14(8-12)13(16)21-9-10-2-4-11(5-3-10)15(17)18/h2-5,12H,6-9H2,1H3. The molecule has 1 saturated heterocycles. The average molecular weight is 344 g/mol. The Balaban J connectivity index is 1.82. The summed E-state index contributed by atoms with van der Waals surface area (Å²) < 4.78 is 32.0. The maximum atomic E-state index is 11.9.